The summed E-state index contributed by atoms with van der Waals surface area (Å²) in [6, 6.07) is 4.19. The molecule has 1 atom stereocenters. The zero-order valence-electron chi connectivity index (χ0n) is 11.7. The van der Waals surface area contributed by atoms with Crippen LogP contribution in [0.4, 0.5) is 0 Å². The lowest BCUT2D eigenvalue weighted by molar-refractivity contribution is 0.129. The van der Waals surface area contributed by atoms with E-state index in [1.165, 1.54) is 11.1 Å². The minimum atomic E-state index is -0.463. The van der Waals surface area contributed by atoms with E-state index in [1.54, 1.807) is 7.11 Å². The first kappa shape index (κ1) is 15.0. The quantitative estimate of drug-likeness (QED) is 0.795. The van der Waals surface area contributed by atoms with Gasteiger partial charge in [0, 0.05) is 19.6 Å². The Hall–Kier alpha value is -1.10. The fraction of sp³-hybridized carbons (Fsp3) is 0.571. The number of rotatable bonds is 6. The van der Waals surface area contributed by atoms with Crippen LogP contribution in [0.2, 0.25) is 0 Å². The molecule has 1 unspecified atom stereocenters. The van der Waals surface area contributed by atoms with E-state index in [0.717, 1.165) is 17.9 Å². The van der Waals surface area contributed by atoms with Crippen molar-refractivity contribution in [2.75, 3.05) is 27.2 Å². The normalized spacial score (nSPS) is 12.8. The molecule has 0 amide bonds. The van der Waals surface area contributed by atoms with Crippen LogP contribution in [0, 0.1) is 13.8 Å². The van der Waals surface area contributed by atoms with Gasteiger partial charge >= 0.3 is 0 Å². The zero-order valence-corrected chi connectivity index (χ0v) is 11.7. The zero-order chi connectivity index (χ0) is 13.7. The second-order valence-electron chi connectivity index (χ2n) is 4.83. The molecule has 0 saturated heterocycles. The van der Waals surface area contributed by atoms with Crippen molar-refractivity contribution in [3.63, 3.8) is 0 Å². The van der Waals surface area contributed by atoms with Crippen molar-refractivity contribution < 1.29 is 9.84 Å². The maximum Gasteiger partial charge on any atom is 0.122 e. The van der Waals surface area contributed by atoms with Crippen LogP contribution in [0.15, 0.2) is 12.1 Å². The molecule has 0 bridgehead atoms. The molecule has 4 heteroatoms. The van der Waals surface area contributed by atoms with Crippen molar-refractivity contribution in [3.05, 3.63) is 28.8 Å². The Kier molecular flexibility index (Phi) is 5.59. The molecule has 0 aliphatic heterocycles. The first-order chi connectivity index (χ1) is 8.47. The number of methoxy groups -OCH3 is 1. The number of benzene rings is 1. The number of nitrogens with zero attached hydrogens (tertiary/aromatic N) is 1. The van der Waals surface area contributed by atoms with Gasteiger partial charge in [-0.05, 0) is 43.7 Å². The summed E-state index contributed by atoms with van der Waals surface area (Å²) in [5.41, 5.74) is 8.99. The Bertz CT molecular complexity index is 394. The Labute approximate surface area is 109 Å². The van der Waals surface area contributed by atoms with E-state index in [1.807, 2.05) is 14.0 Å². The number of hydrogen-bond donors (Lipinski definition) is 2. The van der Waals surface area contributed by atoms with Gasteiger partial charge < -0.3 is 15.6 Å². The highest BCUT2D eigenvalue weighted by atomic mass is 16.5. The number of aliphatic hydroxyl groups excluding tert-OH is 1. The molecule has 0 radical (unpaired) electrons. The minimum absolute atomic E-state index is 0.297. The molecular formula is C14H24N2O2. The molecule has 18 heavy (non-hydrogen) atoms. The van der Waals surface area contributed by atoms with E-state index in [9.17, 15) is 5.11 Å². The molecule has 0 fully saturated rings. The summed E-state index contributed by atoms with van der Waals surface area (Å²) in [6.45, 7) is 5.79. The average molecular weight is 252 g/mol. The topological polar surface area (TPSA) is 58.7 Å². The van der Waals surface area contributed by atoms with E-state index < -0.39 is 6.10 Å². The maximum absolute atomic E-state index is 9.53. The van der Waals surface area contributed by atoms with Gasteiger partial charge in [0.1, 0.15) is 5.75 Å². The molecule has 0 aromatic heterocycles. The van der Waals surface area contributed by atoms with Gasteiger partial charge in [-0.2, -0.15) is 0 Å². The summed E-state index contributed by atoms with van der Waals surface area (Å²) in [5, 5.41) is 9.53. The number of nitrogens with two attached hydrogens (primary N) is 1. The molecule has 1 rings (SSSR count). The Morgan fingerprint density at radius 1 is 1.33 bits per heavy atom. The molecule has 0 heterocycles. The van der Waals surface area contributed by atoms with Crippen LogP contribution in [-0.2, 0) is 6.54 Å². The van der Waals surface area contributed by atoms with E-state index in [0.29, 0.717) is 13.1 Å². The Balaban J connectivity index is 2.75. The van der Waals surface area contributed by atoms with Gasteiger partial charge in [0.05, 0.1) is 13.2 Å². The van der Waals surface area contributed by atoms with Crippen LogP contribution < -0.4 is 10.5 Å². The third kappa shape index (κ3) is 3.98. The van der Waals surface area contributed by atoms with Crippen molar-refractivity contribution >= 4 is 0 Å². The second kappa shape index (κ2) is 6.73. The van der Waals surface area contributed by atoms with Gasteiger partial charge in [-0.3, -0.25) is 4.90 Å². The molecule has 102 valence electrons. The lowest BCUT2D eigenvalue weighted by Gasteiger charge is -2.21. The summed E-state index contributed by atoms with van der Waals surface area (Å²) in [7, 11) is 3.67. The molecule has 0 aliphatic carbocycles. The van der Waals surface area contributed by atoms with E-state index in [-0.39, 0.29) is 0 Å². The van der Waals surface area contributed by atoms with Gasteiger partial charge in [-0.1, -0.05) is 6.07 Å². The third-order valence-corrected chi connectivity index (χ3v) is 3.09. The van der Waals surface area contributed by atoms with Crippen LogP contribution in [0.3, 0.4) is 0 Å². The predicted octanol–water partition coefficient (Wildman–Crippen LogP) is 1.06. The summed E-state index contributed by atoms with van der Waals surface area (Å²) in [5.74, 6) is 0.917. The Morgan fingerprint density at radius 2 is 2.00 bits per heavy atom. The van der Waals surface area contributed by atoms with Crippen LogP contribution in [-0.4, -0.2) is 43.4 Å². The lowest BCUT2D eigenvalue weighted by atomic mass is 10.0. The Morgan fingerprint density at radius 3 is 2.56 bits per heavy atom. The smallest absolute Gasteiger partial charge is 0.122 e. The average Bonchev–Trinajstić information content (AvgIpc) is 2.33. The van der Waals surface area contributed by atoms with Gasteiger partial charge in [-0.25, -0.2) is 0 Å². The summed E-state index contributed by atoms with van der Waals surface area (Å²) >= 11 is 0. The van der Waals surface area contributed by atoms with Crippen LogP contribution in [0.1, 0.15) is 16.7 Å². The maximum atomic E-state index is 9.53. The minimum Gasteiger partial charge on any atom is -0.496 e. The largest absolute Gasteiger partial charge is 0.496 e. The summed E-state index contributed by atoms with van der Waals surface area (Å²) < 4.78 is 5.30. The summed E-state index contributed by atoms with van der Waals surface area (Å²) in [6.07, 6.45) is -0.463. The van der Waals surface area contributed by atoms with Gasteiger partial charge in [0.25, 0.3) is 0 Å². The molecule has 3 N–H and O–H groups in total. The summed E-state index contributed by atoms with van der Waals surface area (Å²) in [4.78, 5) is 2.08. The second-order valence-corrected chi connectivity index (χ2v) is 4.83. The highest BCUT2D eigenvalue weighted by Gasteiger charge is 2.10. The first-order valence-electron chi connectivity index (χ1n) is 6.18. The van der Waals surface area contributed by atoms with Crippen LogP contribution >= 0.6 is 0 Å². The third-order valence-electron chi connectivity index (χ3n) is 3.09. The fourth-order valence-corrected chi connectivity index (χ4v) is 2.03. The molecule has 1 aromatic carbocycles. The van der Waals surface area contributed by atoms with Crippen molar-refractivity contribution in [2.45, 2.75) is 26.5 Å². The van der Waals surface area contributed by atoms with Crippen molar-refractivity contribution in [3.8, 4) is 5.75 Å². The molecule has 1 aromatic rings. The SMILES string of the molecule is COc1cc(C)c(CN(C)CC(O)CN)cc1C. The van der Waals surface area contributed by atoms with Crippen molar-refractivity contribution in [1.29, 1.82) is 0 Å². The van der Waals surface area contributed by atoms with Crippen molar-refractivity contribution in [1.82, 2.24) is 4.90 Å². The molecule has 0 saturated carbocycles. The first-order valence-corrected chi connectivity index (χ1v) is 6.18. The number of likely N-dealkylation sites (N-methyl/N-ethyl adjacent to an activating group) is 1. The van der Waals surface area contributed by atoms with E-state index in [2.05, 4.69) is 24.0 Å². The molecule has 0 spiro atoms. The van der Waals surface area contributed by atoms with E-state index >= 15 is 0 Å². The fourth-order valence-electron chi connectivity index (χ4n) is 2.03. The van der Waals surface area contributed by atoms with Crippen molar-refractivity contribution in [2.24, 2.45) is 5.73 Å². The van der Waals surface area contributed by atoms with E-state index in [4.69, 9.17) is 10.5 Å². The molecule has 0 aliphatic rings. The lowest BCUT2D eigenvalue weighted by Crippen LogP contribution is -2.33. The number of aliphatic hydroxyl groups is 1. The van der Waals surface area contributed by atoms with Gasteiger partial charge in [0.15, 0.2) is 0 Å². The number of hydrogen-bond acceptors (Lipinski definition) is 4. The number of aryl methyl sites for hydroxylation is 2. The highest BCUT2D eigenvalue weighted by molar-refractivity contribution is 5.41. The molecular weight excluding hydrogens is 228 g/mol. The van der Waals surface area contributed by atoms with Crippen LogP contribution in [0.5, 0.6) is 5.75 Å². The number of ether oxygens (including phenoxy) is 1. The molecule has 4 nitrogen and oxygen atoms in total. The highest BCUT2D eigenvalue weighted by Crippen LogP contribution is 2.23. The van der Waals surface area contributed by atoms with Gasteiger partial charge in [-0.15, -0.1) is 0 Å². The monoisotopic (exact) mass is 252 g/mol. The predicted molar refractivity (Wildman–Crippen MR) is 73.9 cm³/mol. The standard InChI is InChI=1S/C14H24N2O2/c1-10-6-14(18-4)11(2)5-12(10)8-16(3)9-13(17)7-15/h5-6,13,17H,7-9,15H2,1-4H3. The van der Waals surface area contributed by atoms with Gasteiger partial charge in [0.2, 0.25) is 0 Å². The van der Waals surface area contributed by atoms with Crippen LogP contribution in [0.25, 0.3) is 0 Å².